The van der Waals surface area contributed by atoms with E-state index in [1.807, 2.05) is 56.6 Å². The Hall–Kier alpha value is -2.74. The Morgan fingerprint density at radius 1 is 1.08 bits per heavy atom. The fourth-order valence-corrected chi connectivity index (χ4v) is 4.81. The number of halogens is 1. The van der Waals surface area contributed by atoms with E-state index in [-0.39, 0.29) is 6.61 Å². The second-order valence-electron chi connectivity index (χ2n) is 9.62. The zero-order chi connectivity index (χ0) is 25.5. The summed E-state index contributed by atoms with van der Waals surface area (Å²) in [6.45, 7) is 7.82. The number of ether oxygens (including phenoxy) is 3. The quantitative estimate of drug-likeness (QED) is 0.362. The van der Waals surface area contributed by atoms with E-state index >= 15 is 0 Å². The standard InChI is InChI=1S/C28H36ClN3O4/c1-21-6-8-24(29)26(16-21)36-20-28(33)10-4-12-31(19-28)18-23-7-9-25(27(17-23)34-3)35-15-5-13-32-14-11-30-22(32)2/h6-9,11,14,16-17,33H,4-5,10,12-13,15,18-20H2,1-3H3. The van der Waals surface area contributed by atoms with Gasteiger partial charge in [-0.1, -0.05) is 23.7 Å². The fourth-order valence-electron chi connectivity index (χ4n) is 4.64. The number of piperidine rings is 1. The molecule has 36 heavy (non-hydrogen) atoms. The second kappa shape index (κ2) is 12.0. The highest BCUT2D eigenvalue weighted by atomic mass is 35.5. The zero-order valence-electron chi connectivity index (χ0n) is 21.4. The van der Waals surface area contributed by atoms with E-state index in [4.69, 9.17) is 25.8 Å². The molecule has 3 aromatic rings. The first kappa shape index (κ1) is 26.3. The molecular formula is C28H36ClN3O4. The van der Waals surface area contributed by atoms with Gasteiger partial charge in [0.25, 0.3) is 0 Å². The summed E-state index contributed by atoms with van der Waals surface area (Å²) < 4.78 is 19.7. The number of methoxy groups -OCH3 is 1. The highest BCUT2D eigenvalue weighted by molar-refractivity contribution is 6.32. The van der Waals surface area contributed by atoms with Gasteiger partial charge in [-0.15, -0.1) is 0 Å². The van der Waals surface area contributed by atoms with Crippen LogP contribution in [0.3, 0.4) is 0 Å². The molecule has 0 aliphatic carbocycles. The van der Waals surface area contributed by atoms with Crippen LogP contribution in [0.5, 0.6) is 17.2 Å². The van der Waals surface area contributed by atoms with Crippen LogP contribution in [0.15, 0.2) is 48.8 Å². The van der Waals surface area contributed by atoms with E-state index < -0.39 is 5.60 Å². The third-order valence-corrected chi connectivity index (χ3v) is 6.89. The molecule has 1 aliphatic heterocycles. The van der Waals surface area contributed by atoms with E-state index in [1.165, 1.54) is 0 Å². The highest BCUT2D eigenvalue weighted by Crippen LogP contribution is 2.31. The number of hydrogen-bond acceptors (Lipinski definition) is 6. The molecule has 0 radical (unpaired) electrons. The Labute approximate surface area is 218 Å². The van der Waals surface area contributed by atoms with Crippen LogP contribution in [0, 0.1) is 13.8 Å². The van der Waals surface area contributed by atoms with Crippen molar-refractivity contribution < 1.29 is 19.3 Å². The second-order valence-corrected chi connectivity index (χ2v) is 10.0. The lowest BCUT2D eigenvalue weighted by molar-refractivity contribution is -0.0621. The van der Waals surface area contributed by atoms with Crippen molar-refractivity contribution in [2.45, 2.75) is 51.8 Å². The minimum Gasteiger partial charge on any atom is -0.493 e. The smallest absolute Gasteiger partial charge is 0.161 e. The predicted molar refractivity (Wildman–Crippen MR) is 141 cm³/mol. The molecule has 7 nitrogen and oxygen atoms in total. The summed E-state index contributed by atoms with van der Waals surface area (Å²) in [4.78, 5) is 6.51. The first-order chi connectivity index (χ1) is 17.3. The number of nitrogens with zero attached hydrogens (tertiary/aromatic N) is 3. The van der Waals surface area contributed by atoms with Crippen molar-refractivity contribution in [1.29, 1.82) is 0 Å². The lowest BCUT2D eigenvalue weighted by Crippen LogP contribution is -2.51. The molecule has 1 N–H and O–H groups in total. The molecule has 1 atom stereocenters. The zero-order valence-corrected chi connectivity index (χ0v) is 22.1. The summed E-state index contributed by atoms with van der Waals surface area (Å²) in [6.07, 6.45) is 6.27. The van der Waals surface area contributed by atoms with Gasteiger partial charge in [0.1, 0.15) is 23.8 Å². The Kier molecular flexibility index (Phi) is 8.77. The van der Waals surface area contributed by atoms with Gasteiger partial charge in [-0.05, 0) is 75.0 Å². The molecule has 1 aromatic heterocycles. The van der Waals surface area contributed by atoms with Gasteiger partial charge >= 0.3 is 0 Å². The van der Waals surface area contributed by atoms with Crippen molar-refractivity contribution in [3.8, 4) is 17.2 Å². The molecular weight excluding hydrogens is 478 g/mol. The molecule has 8 heteroatoms. The van der Waals surface area contributed by atoms with E-state index in [9.17, 15) is 5.11 Å². The number of imidazole rings is 1. The van der Waals surface area contributed by atoms with Gasteiger partial charge in [-0.3, -0.25) is 4.90 Å². The molecule has 1 aliphatic rings. The summed E-state index contributed by atoms with van der Waals surface area (Å²) in [5.74, 6) is 3.08. The van der Waals surface area contributed by atoms with Crippen molar-refractivity contribution in [3.63, 3.8) is 0 Å². The van der Waals surface area contributed by atoms with Crippen LogP contribution >= 0.6 is 11.6 Å². The summed E-state index contributed by atoms with van der Waals surface area (Å²) in [6, 6.07) is 11.7. The number of hydrogen-bond donors (Lipinski definition) is 1. The van der Waals surface area contributed by atoms with Gasteiger partial charge in [-0.2, -0.15) is 0 Å². The lowest BCUT2D eigenvalue weighted by Gasteiger charge is -2.39. The van der Waals surface area contributed by atoms with Gasteiger partial charge in [-0.25, -0.2) is 4.98 Å². The number of aromatic nitrogens is 2. The van der Waals surface area contributed by atoms with Crippen molar-refractivity contribution >= 4 is 11.6 Å². The largest absolute Gasteiger partial charge is 0.493 e. The molecule has 0 saturated carbocycles. The van der Waals surface area contributed by atoms with Crippen LogP contribution in [0.1, 0.15) is 36.2 Å². The Balaban J connectivity index is 1.30. The third-order valence-electron chi connectivity index (χ3n) is 6.58. The molecule has 1 saturated heterocycles. The maximum absolute atomic E-state index is 11.2. The first-order valence-electron chi connectivity index (χ1n) is 12.5. The average molecular weight is 514 g/mol. The third kappa shape index (κ3) is 6.93. The number of β-amino-alcohol motifs (C(OH)–C–C–N with tert-alkyl or cyclic N) is 1. The van der Waals surface area contributed by atoms with Crippen LogP contribution in [-0.2, 0) is 13.1 Å². The maximum Gasteiger partial charge on any atom is 0.161 e. The molecule has 2 aromatic carbocycles. The van der Waals surface area contributed by atoms with Crippen molar-refractivity contribution in [1.82, 2.24) is 14.5 Å². The van der Waals surface area contributed by atoms with E-state index in [0.29, 0.717) is 36.9 Å². The minimum absolute atomic E-state index is 0.210. The molecule has 0 bridgehead atoms. The highest BCUT2D eigenvalue weighted by Gasteiger charge is 2.34. The summed E-state index contributed by atoms with van der Waals surface area (Å²) >= 11 is 6.26. The lowest BCUT2D eigenvalue weighted by atomic mass is 9.93. The van der Waals surface area contributed by atoms with Crippen molar-refractivity contribution in [3.05, 3.63) is 70.8 Å². The van der Waals surface area contributed by atoms with Crippen molar-refractivity contribution in [2.75, 3.05) is 33.4 Å². The predicted octanol–water partition coefficient (Wildman–Crippen LogP) is 5.04. The number of aryl methyl sites for hydroxylation is 3. The van der Waals surface area contributed by atoms with Gasteiger partial charge < -0.3 is 23.9 Å². The Bertz CT molecular complexity index is 1150. The van der Waals surface area contributed by atoms with E-state index in [2.05, 4.69) is 20.5 Å². The van der Waals surface area contributed by atoms with E-state index in [0.717, 1.165) is 54.4 Å². The molecule has 0 spiro atoms. The minimum atomic E-state index is -0.925. The molecule has 2 heterocycles. The Morgan fingerprint density at radius 2 is 1.94 bits per heavy atom. The van der Waals surface area contributed by atoms with Crippen molar-refractivity contribution in [2.24, 2.45) is 0 Å². The van der Waals surface area contributed by atoms with Gasteiger partial charge in [0.15, 0.2) is 11.5 Å². The van der Waals surface area contributed by atoms with Crippen LogP contribution in [0.2, 0.25) is 5.02 Å². The summed E-state index contributed by atoms with van der Waals surface area (Å²) in [5, 5.41) is 11.8. The molecule has 194 valence electrons. The Morgan fingerprint density at radius 3 is 2.72 bits per heavy atom. The summed E-state index contributed by atoms with van der Waals surface area (Å²) in [7, 11) is 1.66. The normalized spacial score (nSPS) is 18.2. The summed E-state index contributed by atoms with van der Waals surface area (Å²) in [5.41, 5.74) is 1.26. The molecule has 1 fully saturated rings. The number of benzene rings is 2. The first-order valence-corrected chi connectivity index (χ1v) is 12.8. The van der Waals surface area contributed by atoms with Crippen LogP contribution in [0.4, 0.5) is 0 Å². The fraction of sp³-hybridized carbons (Fsp3) is 0.464. The van der Waals surface area contributed by atoms with Gasteiger partial charge in [0.2, 0.25) is 0 Å². The van der Waals surface area contributed by atoms with Gasteiger partial charge in [0, 0.05) is 32.0 Å². The number of aliphatic hydroxyl groups is 1. The van der Waals surface area contributed by atoms with E-state index in [1.54, 1.807) is 7.11 Å². The molecule has 4 rings (SSSR count). The SMILES string of the molecule is COc1cc(CN2CCCC(O)(COc3cc(C)ccc3Cl)C2)ccc1OCCCn1ccnc1C. The number of rotatable bonds is 11. The van der Waals surface area contributed by atoms with Crippen LogP contribution in [-0.4, -0.2) is 58.6 Å². The average Bonchev–Trinajstić information content (AvgIpc) is 3.27. The maximum atomic E-state index is 11.2. The van der Waals surface area contributed by atoms with Crippen LogP contribution in [0.25, 0.3) is 0 Å². The van der Waals surface area contributed by atoms with Gasteiger partial charge in [0.05, 0.1) is 18.7 Å². The number of likely N-dealkylation sites (tertiary alicyclic amines) is 1. The molecule has 1 unspecified atom stereocenters. The monoisotopic (exact) mass is 513 g/mol. The topological polar surface area (TPSA) is 69.0 Å². The van der Waals surface area contributed by atoms with Crippen LogP contribution < -0.4 is 14.2 Å². The molecule has 0 amide bonds.